The van der Waals surface area contributed by atoms with E-state index in [-0.39, 0.29) is 17.9 Å². The molecule has 8 nitrogen and oxygen atoms in total. The third-order valence-electron chi connectivity index (χ3n) is 7.25. The molecule has 2 aromatic carbocycles. The molecule has 3 heterocycles. The number of nitrogens with zero attached hydrogens (tertiary/aromatic N) is 5. The van der Waals surface area contributed by atoms with Gasteiger partial charge >= 0.3 is 0 Å². The SMILES string of the molecule is COc1cccc(-c2cn3nc(-c4nccn4C)nc(N[C@@H]4CC[C@@H](OC)C4)c3c2-c2ccccc2)c1F. The lowest BCUT2D eigenvalue weighted by atomic mass is 9.97. The lowest BCUT2D eigenvalue weighted by molar-refractivity contribution is 0.108. The largest absolute Gasteiger partial charge is 0.494 e. The summed E-state index contributed by atoms with van der Waals surface area (Å²) in [6, 6.07) is 15.3. The number of anilines is 1. The second kappa shape index (κ2) is 9.90. The highest BCUT2D eigenvalue weighted by molar-refractivity contribution is 5.99. The van der Waals surface area contributed by atoms with Crippen LogP contribution in [0.2, 0.25) is 0 Å². The Hall–Kier alpha value is -4.24. The predicted molar refractivity (Wildman–Crippen MR) is 145 cm³/mol. The van der Waals surface area contributed by atoms with Gasteiger partial charge in [-0.15, -0.1) is 5.10 Å². The lowest BCUT2D eigenvalue weighted by Crippen LogP contribution is -2.19. The molecule has 0 spiro atoms. The number of aryl methyl sites for hydroxylation is 1. The molecule has 1 saturated carbocycles. The molecule has 9 heteroatoms. The number of fused-ring (bicyclic) bond motifs is 1. The summed E-state index contributed by atoms with van der Waals surface area (Å²) >= 11 is 0. The number of methoxy groups -OCH3 is 2. The number of benzene rings is 2. The molecule has 194 valence electrons. The number of ether oxygens (including phenoxy) is 2. The van der Waals surface area contributed by atoms with Crippen molar-refractivity contribution in [2.45, 2.75) is 31.4 Å². The maximum Gasteiger partial charge on any atom is 0.218 e. The van der Waals surface area contributed by atoms with E-state index in [0.29, 0.717) is 28.6 Å². The summed E-state index contributed by atoms with van der Waals surface area (Å²) in [5, 5.41) is 8.53. The average molecular weight is 513 g/mol. The molecule has 1 N–H and O–H groups in total. The topological polar surface area (TPSA) is 78.5 Å². The van der Waals surface area contributed by atoms with Gasteiger partial charge < -0.3 is 19.4 Å². The van der Waals surface area contributed by atoms with E-state index in [1.807, 2.05) is 54.3 Å². The normalized spacial score (nSPS) is 17.3. The first-order valence-electron chi connectivity index (χ1n) is 12.7. The van der Waals surface area contributed by atoms with Crippen molar-refractivity contribution in [1.82, 2.24) is 24.1 Å². The Morgan fingerprint density at radius 2 is 1.87 bits per heavy atom. The minimum absolute atomic E-state index is 0.184. The molecule has 5 aromatic rings. The summed E-state index contributed by atoms with van der Waals surface area (Å²) in [5.74, 6) is 1.55. The number of halogens is 1. The third kappa shape index (κ3) is 4.18. The summed E-state index contributed by atoms with van der Waals surface area (Å²) in [7, 11) is 5.13. The summed E-state index contributed by atoms with van der Waals surface area (Å²) < 4.78 is 30.2. The van der Waals surface area contributed by atoms with E-state index in [1.165, 1.54) is 7.11 Å². The first-order valence-corrected chi connectivity index (χ1v) is 12.7. The zero-order valence-corrected chi connectivity index (χ0v) is 21.6. The Kier molecular flexibility index (Phi) is 6.29. The van der Waals surface area contributed by atoms with Crippen molar-refractivity contribution in [3.05, 3.63) is 72.9 Å². The summed E-state index contributed by atoms with van der Waals surface area (Å²) in [6.45, 7) is 0. The van der Waals surface area contributed by atoms with Crippen molar-refractivity contribution in [2.24, 2.45) is 7.05 Å². The predicted octanol–water partition coefficient (Wildman–Crippen LogP) is 5.59. The quantitative estimate of drug-likeness (QED) is 0.306. The second-order valence-corrected chi connectivity index (χ2v) is 9.56. The number of aromatic nitrogens is 5. The van der Waals surface area contributed by atoms with Crippen molar-refractivity contribution in [3.8, 4) is 39.7 Å². The fraction of sp³-hybridized carbons (Fsp3) is 0.276. The molecule has 0 unspecified atom stereocenters. The molecule has 6 rings (SSSR count). The zero-order valence-electron chi connectivity index (χ0n) is 21.6. The molecular formula is C29H29FN6O2. The van der Waals surface area contributed by atoms with E-state index < -0.39 is 5.82 Å². The molecule has 1 fully saturated rings. The standard InChI is InChI=1S/C29H29FN6O2/c1-35-15-14-31-29(35)28-33-27(32-19-12-13-20(16-19)37-2)26-24(18-8-5-4-6-9-18)22(17-36(26)34-28)21-10-7-11-23(38-3)25(21)30/h4-11,14-15,17,19-20H,12-13,16H2,1-3H3,(H,32,33,34)/t19-,20-/m1/s1. The number of hydrogen-bond donors (Lipinski definition) is 1. The van der Waals surface area contributed by atoms with E-state index in [9.17, 15) is 0 Å². The van der Waals surface area contributed by atoms with Crippen LogP contribution in [-0.4, -0.2) is 50.5 Å². The van der Waals surface area contributed by atoms with Gasteiger partial charge in [0.05, 0.1) is 13.2 Å². The zero-order chi connectivity index (χ0) is 26.2. The first kappa shape index (κ1) is 24.1. The van der Waals surface area contributed by atoms with Crippen LogP contribution < -0.4 is 10.1 Å². The highest BCUT2D eigenvalue weighted by Crippen LogP contribution is 2.42. The lowest BCUT2D eigenvalue weighted by Gasteiger charge is -2.17. The summed E-state index contributed by atoms with van der Waals surface area (Å²) in [6.07, 6.45) is 8.47. The van der Waals surface area contributed by atoms with Crippen molar-refractivity contribution in [1.29, 1.82) is 0 Å². The van der Waals surface area contributed by atoms with Gasteiger partial charge in [-0.1, -0.05) is 42.5 Å². The highest BCUT2D eigenvalue weighted by Gasteiger charge is 2.28. The Labute approximate surface area is 220 Å². The maximum atomic E-state index is 15.6. The fourth-order valence-electron chi connectivity index (χ4n) is 5.32. The third-order valence-corrected chi connectivity index (χ3v) is 7.25. The van der Waals surface area contributed by atoms with E-state index in [4.69, 9.17) is 19.6 Å². The van der Waals surface area contributed by atoms with Gasteiger partial charge in [-0.2, -0.15) is 0 Å². The van der Waals surface area contributed by atoms with Crippen LogP contribution in [0.3, 0.4) is 0 Å². The van der Waals surface area contributed by atoms with Gasteiger partial charge in [0.25, 0.3) is 0 Å². The Morgan fingerprint density at radius 1 is 1.03 bits per heavy atom. The van der Waals surface area contributed by atoms with Gasteiger partial charge in [0.1, 0.15) is 5.52 Å². The van der Waals surface area contributed by atoms with Crippen LogP contribution in [0.1, 0.15) is 19.3 Å². The van der Waals surface area contributed by atoms with Crippen molar-refractivity contribution in [3.63, 3.8) is 0 Å². The molecule has 38 heavy (non-hydrogen) atoms. The molecule has 1 aliphatic carbocycles. The van der Waals surface area contributed by atoms with Crippen LogP contribution >= 0.6 is 0 Å². The average Bonchev–Trinajstić information content (AvgIpc) is 3.67. The maximum absolute atomic E-state index is 15.6. The molecule has 1 aliphatic rings. The Bertz CT molecular complexity index is 1600. The molecular weight excluding hydrogens is 483 g/mol. The molecule has 0 bridgehead atoms. The Morgan fingerprint density at radius 3 is 2.58 bits per heavy atom. The molecule has 3 aromatic heterocycles. The summed E-state index contributed by atoms with van der Waals surface area (Å²) in [4.78, 5) is 9.46. The van der Waals surface area contributed by atoms with Crippen LogP contribution in [0.4, 0.5) is 10.2 Å². The summed E-state index contributed by atoms with van der Waals surface area (Å²) in [5.41, 5.74) is 3.67. The van der Waals surface area contributed by atoms with Crippen molar-refractivity contribution >= 4 is 11.3 Å². The number of nitrogens with one attached hydrogen (secondary N) is 1. The van der Waals surface area contributed by atoms with Crippen LogP contribution in [0.15, 0.2) is 67.1 Å². The molecule has 0 radical (unpaired) electrons. The van der Waals surface area contributed by atoms with Crippen LogP contribution in [0, 0.1) is 5.82 Å². The number of imidazole rings is 1. The minimum Gasteiger partial charge on any atom is -0.494 e. The van der Waals surface area contributed by atoms with Crippen LogP contribution in [0.5, 0.6) is 5.75 Å². The van der Waals surface area contributed by atoms with Crippen LogP contribution in [0.25, 0.3) is 39.4 Å². The van der Waals surface area contributed by atoms with Gasteiger partial charge in [-0.25, -0.2) is 18.9 Å². The molecule has 0 amide bonds. The first-order chi connectivity index (χ1) is 18.6. The van der Waals surface area contributed by atoms with E-state index in [2.05, 4.69) is 10.3 Å². The second-order valence-electron chi connectivity index (χ2n) is 9.56. The number of hydrogen-bond acceptors (Lipinski definition) is 6. The number of rotatable bonds is 7. The van der Waals surface area contributed by atoms with Gasteiger partial charge in [0.2, 0.25) is 5.82 Å². The van der Waals surface area contributed by atoms with Crippen LogP contribution in [-0.2, 0) is 11.8 Å². The highest BCUT2D eigenvalue weighted by atomic mass is 19.1. The fourth-order valence-corrected chi connectivity index (χ4v) is 5.32. The smallest absolute Gasteiger partial charge is 0.218 e. The van der Waals surface area contributed by atoms with Crippen molar-refractivity contribution in [2.75, 3.05) is 19.5 Å². The molecule has 0 saturated heterocycles. The molecule has 0 aliphatic heterocycles. The van der Waals surface area contributed by atoms with Gasteiger partial charge in [-0.05, 0) is 30.9 Å². The van der Waals surface area contributed by atoms with E-state index >= 15 is 4.39 Å². The Balaban J connectivity index is 1.63. The van der Waals surface area contributed by atoms with Gasteiger partial charge in [0.15, 0.2) is 23.2 Å². The van der Waals surface area contributed by atoms with Gasteiger partial charge in [-0.3, -0.25) is 0 Å². The monoisotopic (exact) mass is 512 g/mol. The van der Waals surface area contributed by atoms with Crippen molar-refractivity contribution < 1.29 is 13.9 Å². The van der Waals surface area contributed by atoms with E-state index in [1.54, 1.807) is 36.0 Å². The minimum atomic E-state index is -0.423. The van der Waals surface area contributed by atoms with Gasteiger partial charge in [0, 0.05) is 55.5 Å². The van der Waals surface area contributed by atoms with E-state index in [0.717, 1.165) is 35.9 Å². The molecule has 2 atom stereocenters.